The number of nitrogens with one attached hydrogen (secondary N) is 2. The van der Waals surface area contributed by atoms with Crippen LogP contribution in [0.3, 0.4) is 0 Å². The van der Waals surface area contributed by atoms with Crippen molar-refractivity contribution < 1.29 is 17.9 Å². The first kappa shape index (κ1) is 15.4. The van der Waals surface area contributed by atoms with Crippen molar-refractivity contribution in [1.29, 1.82) is 0 Å². The van der Waals surface area contributed by atoms with Crippen molar-refractivity contribution in [2.45, 2.75) is 24.5 Å². The van der Waals surface area contributed by atoms with Crippen LogP contribution in [0.1, 0.15) is 6.92 Å². The van der Waals surface area contributed by atoms with Crippen molar-refractivity contribution >= 4 is 21.6 Å². The molecule has 1 aliphatic rings. The van der Waals surface area contributed by atoms with Crippen molar-refractivity contribution in [3.05, 3.63) is 30.9 Å². The highest BCUT2D eigenvalue weighted by atomic mass is 32.2. The van der Waals surface area contributed by atoms with Gasteiger partial charge in [0.25, 0.3) is 5.91 Å². The molecule has 2 aromatic rings. The van der Waals surface area contributed by atoms with Gasteiger partial charge in [0.05, 0.1) is 17.1 Å². The molecule has 1 atom stereocenters. The molecule has 0 fully saturated rings. The third kappa shape index (κ3) is 3.32. The predicted octanol–water partition coefficient (Wildman–Crippen LogP) is -0.0240. The van der Waals surface area contributed by atoms with Gasteiger partial charge < -0.3 is 10.1 Å². The molecular formula is C13H15N5O4S. The van der Waals surface area contributed by atoms with Crippen LogP contribution >= 0.6 is 0 Å². The summed E-state index contributed by atoms with van der Waals surface area (Å²) in [4.78, 5) is 15.4. The minimum absolute atomic E-state index is 0.0493. The van der Waals surface area contributed by atoms with E-state index in [1.807, 2.05) is 0 Å². The van der Waals surface area contributed by atoms with E-state index in [1.165, 1.54) is 35.5 Å². The van der Waals surface area contributed by atoms with Crippen molar-refractivity contribution in [3.8, 4) is 5.75 Å². The summed E-state index contributed by atoms with van der Waals surface area (Å²) in [7, 11) is -3.70. The Balaban J connectivity index is 1.73. The Morgan fingerprint density at radius 1 is 1.43 bits per heavy atom. The van der Waals surface area contributed by atoms with Gasteiger partial charge >= 0.3 is 0 Å². The second kappa shape index (κ2) is 5.97. The third-order valence-electron chi connectivity index (χ3n) is 3.29. The Morgan fingerprint density at radius 2 is 2.26 bits per heavy atom. The number of hydrogen-bond donors (Lipinski definition) is 2. The highest BCUT2D eigenvalue weighted by molar-refractivity contribution is 7.89. The van der Waals surface area contributed by atoms with Crippen LogP contribution in [-0.4, -0.2) is 41.7 Å². The number of amides is 1. The van der Waals surface area contributed by atoms with E-state index in [2.05, 4.69) is 20.1 Å². The first-order valence-electron chi connectivity index (χ1n) is 6.89. The smallest absolute Gasteiger partial charge is 0.265 e. The van der Waals surface area contributed by atoms with Crippen LogP contribution in [0.4, 0.5) is 5.69 Å². The molecule has 10 heteroatoms. The summed E-state index contributed by atoms with van der Waals surface area (Å²) < 4.78 is 33.9. The lowest BCUT2D eigenvalue weighted by Gasteiger charge is -2.23. The van der Waals surface area contributed by atoms with E-state index in [-0.39, 0.29) is 17.3 Å². The molecule has 0 unspecified atom stereocenters. The summed E-state index contributed by atoms with van der Waals surface area (Å²) >= 11 is 0. The quantitative estimate of drug-likeness (QED) is 0.792. The molecule has 1 aliphatic heterocycles. The number of carbonyl (C=O) groups is 1. The SMILES string of the molecule is C[C@@H]1Oc2ccc(S(=O)(=O)NCCn3cncn3)cc2NC1=O. The molecule has 0 radical (unpaired) electrons. The number of fused-ring (bicyclic) bond motifs is 1. The minimum atomic E-state index is -3.70. The van der Waals surface area contributed by atoms with E-state index in [0.29, 0.717) is 18.0 Å². The zero-order valence-corrected chi connectivity index (χ0v) is 13.1. The Hall–Kier alpha value is -2.46. The van der Waals surface area contributed by atoms with Gasteiger partial charge in [-0.25, -0.2) is 18.1 Å². The number of sulfonamides is 1. The molecule has 1 aromatic heterocycles. The molecule has 1 amide bonds. The third-order valence-corrected chi connectivity index (χ3v) is 4.75. The van der Waals surface area contributed by atoms with E-state index >= 15 is 0 Å². The van der Waals surface area contributed by atoms with Crippen LogP contribution in [0.5, 0.6) is 5.75 Å². The average Bonchev–Trinajstić information content (AvgIpc) is 3.01. The first-order chi connectivity index (χ1) is 11.0. The van der Waals surface area contributed by atoms with Crippen LogP contribution < -0.4 is 14.8 Å². The molecule has 2 heterocycles. The number of aromatic nitrogens is 3. The van der Waals surface area contributed by atoms with Crippen molar-refractivity contribution in [3.63, 3.8) is 0 Å². The van der Waals surface area contributed by atoms with Gasteiger partial charge in [0.2, 0.25) is 10.0 Å². The van der Waals surface area contributed by atoms with Gasteiger partial charge in [0, 0.05) is 6.54 Å². The monoisotopic (exact) mass is 337 g/mol. The van der Waals surface area contributed by atoms with Crippen LogP contribution in [0.15, 0.2) is 35.7 Å². The van der Waals surface area contributed by atoms with Crippen LogP contribution in [0, 0.1) is 0 Å². The molecule has 9 nitrogen and oxygen atoms in total. The fourth-order valence-corrected chi connectivity index (χ4v) is 3.13. The van der Waals surface area contributed by atoms with Gasteiger partial charge in [-0.15, -0.1) is 0 Å². The summed E-state index contributed by atoms with van der Waals surface area (Å²) in [6.07, 6.45) is 2.27. The van der Waals surface area contributed by atoms with Gasteiger partial charge in [0.15, 0.2) is 6.10 Å². The van der Waals surface area contributed by atoms with E-state index in [9.17, 15) is 13.2 Å². The maximum atomic E-state index is 12.3. The van der Waals surface area contributed by atoms with Crippen LogP contribution in [0.2, 0.25) is 0 Å². The van der Waals surface area contributed by atoms with Gasteiger partial charge in [-0.3, -0.25) is 9.48 Å². The normalized spacial score (nSPS) is 17.3. The lowest BCUT2D eigenvalue weighted by Crippen LogP contribution is -2.34. The Labute approximate surface area is 132 Å². The molecule has 0 spiro atoms. The number of nitrogens with zero attached hydrogens (tertiary/aromatic N) is 3. The summed E-state index contributed by atoms with van der Waals surface area (Å²) in [5.41, 5.74) is 0.340. The van der Waals surface area contributed by atoms with Gasteiger partial charge in [-0.05, 0) is 25.1 Å². The number of benzene rings is 1. The van der Waals surface area contributed by atoms with E-state index in [4.69, 9.17) is 4.74 Å². The molecular weight excluding hydrogens is 322 g/mol. The number of ether oxygens (including phenoxy) is 1. The van der Waals surface area contributed by atoms with Crippen LogP contribution in [0.25, 0.3) is 0 Å². The zero-order valence-electron chi connectivity index (χ0n) is 12.3. The molecule has 0 saturated heterocycles. The summed E-state index contributed by atoms with van der Waals surface area (Å²) in [6, 6.07) is 4.33. The molecule has 2 N–H and O–H groups in total. The predicted molar refractivity (Wildman–Crippen MR) is 80.4 cm³/mol. The van der Waals surface area contributed by atoms with Crippen molar-refractivity contribution in [2.75, 3.05) is 11.9 Å². The van der Waals surface area contributed by atoms with Crippen molar-refractivity contribution in [1.82, 2.24) is 19.5 Å². The number of anilines is 1. The van der Waals surface area contributed by atoms with E-state index < -0.39 is 16.1 Å². The second-order valence-electron chi connectivity index (χ2n) is 4.96. The second-order valence-corrected chi connectivity index (χ2v) is 6.73. The van der Waals surface area contributed by atoms with E-state index in [0.717, 1.165) is 0 Å². The highest BCUT2D eigenvalue weighted by Crippen LogP contribution is 2.31. The molecule has 1 aromatic carbocycles. The topological polar surface area (TPSA) is 115 Å². The molecule has 0 bridgehead atoms. The van der Waals surface area contributed by atoms with Gasteiger partial charge in [-0.2, -0.15) is 5.10 Å². The molecule has 0 aliphatic carbocycles. The van der Waals surface area contributed by atoms with E-state index in [1.54, 1.807) is 6.92 Å². The standard InChI is InChI=1S/C13H15N5O4S/c1-9-13(19)17-11-6-10(2-3-12(11)22-9)23(20,21)16-4-5-18-8-14-7-15-18/h2-3,6-9,16H,4-5H2,1H3,(H,17,19)/t9-/m0/s1. The summed E-state index contributed by atoms with van der Waals surface area (Å²) in [6.45, 7) is 2.15. The molecule has 3 rings (SSSR count). The van der Waals surface area contributed by atoms with Gasteiger partial charge in [-0.1, -0.05) is 0 Å². The maximum absolute atomic E-state index is 12.3. The van der Waals surface area contributed by atoms with Crippen molar-refractivity contribution in [2.24, 2.45) is 0 Å². The number of carbonyl (C=O) groups excluding carboxylic acids is 1. The largest absolute Gasteiger partial charge is 0.479 e. The molecule has 23 heavy (non-hydrogen) atoms. The number of hydrogen-bond acceptors (Lipinski definition) is 6. The fraction of sp³-hybridized carbons (Fsp3) is 0.308. The summed E-state index contributed by atoms with van der Waals surface area (Å²) in [5.74, 6) is 0.129. The molecule has 0 saturated carbocycles. The van der Waals surface area contributed by atoms with Gasteiger partial charge in [0.1, 0.15) is 18.4 Å². The Morgan fingerprint density at radius 3 is 3.00 bits per heavy atom. The summed E-state index contributed by atoms with van der Waals surface area (Å²) in [5, 5.41) is 6.51. The Kier molecular flexibility index (Phi) is 4.01. The minimum Gasteiger partial charge on any atom is -0.479 e. The highest BCUT2D eigenvalue weighted by Gasteiger charge is 2.25. The zero-order chi connectivity index (χ0) is 16.4. The first-order valence-corrected chi connectivity index (χ1v) is 8.38. The fourth-order valence-electron chi connectivity index (χ4n) is 2.08. The molecule has 122 valence electrons. The lowest BCUT2D eigenvalue weighted by molar-refractivity contribution is -0.122. The average molecular weight is 337 g/mol. The maximum Gasteiger partial charge on any atom is 0.265 e. The number of rotatable bonds is 5. The lowest BCUT2D eigenvalue weighted by atomic mass is 10.2. The van der Waals surface area contributed by atoms with Crippen LogP contribution in [-0.2, 0) is 21.4 Å². The Bertz CT molecular complexity index is 819.